The molecule has 2 fully saturated rings. The van der Waals surface area contributed by atoms with E-state index in [1.807, 2.05) is 14.0 Å². The van der Waals surface area contributed by atoms with Crippen LogP contribution in [0, 0.1) is 17.8 Å². The largest absolute Gasteiger partial charge is 0.463 e. The van der Waals surface area contributed by atoms with Crippen molar-refractivity contribution in [1.82, 2.24) is 21.3 Å². The van der Waals surface area contributed by atoms with Crippen LogP contribution in [0.3, 0.4) is 0 Å². The number of hydrogen-bond acceptors (Lipinski definition) is 10. The van der Waals surface area contributed by atoms with Crippen LogP contribution in [-0.2, 0) is 14.3 Å². The van der Waals surface area contributed by atoms with Crippen LogP contribution in [0.15, 0.2) is 70.6 Å². The molecule has 10 nitrogen and oxygen atoms in total. The monoisotopic (exact) mass is 684 g/mol. The summed E-state index contributed by atoms with van der Waals surface area (Å²) in [6, 6.07) is 6.79. The van der Waals surface area contributed by atoms with Gasteiger partial charge in [-0.1, -0.05) is 55.0 Å². The van der Waals surface area contributed by atoms with E-state index in [-0.39, 0.29) is 48.9 Å². The van der Waals surface area contributed by atoms with Gasteiger partial charge in [-0.05, 0) is 100 Å². The minimum Gasteiger partial charge on any atom is -0.463 e. The Morgan fingerprint density at radius 3 is 2.70 bits per heavy atom. The van der Waals surface area contributed by atoms with Crippen molar-refractivity contribution in [3.63, 3.8) is 0 Å². The summed E-state index contributed by atoms with van der Waals surface area (Å²) in [5, 5.41) is 24.5. The normalized spacial score (nSPS) is 33.1. The van der Waals surface area contributed by atoms with E-state index in [1.165, 1.54) is 11.1 Å². The number of carbonyl (C=O) groups is 3. The fraction of sp³-hybridized carbons (Fsp3) is 0.575. The number of esters is 1. The van der Waals surface area contributed by atoms with E-state index in [0.717, 1.165) is 69.4 Å². The number of epoxide rings is 1. The molecule has 268 valence electrons. The lowest BCUT2D eigenvalue weighted by Gasteiger charge is -2.42. The molecule has 3 aliphatic heterocycles. The third kappa shape index (κ3) is 5.97. The second-order valence-electron chi connectivity index (χ2n) is 14.9. The molecule has 7 atom stereocenters. The van der Waals surface area contributed by atoms with Crippen molar-refractivity contribution in [2.75, 3.05) is 33.4 Å². The number of dihydropyridines is 1. The summed E-state index contributed by atoms with van der Waals surface area (Å²) in [5.41, 5.74) is 0.684. The van der Waals surface area contributed by atoms with Gasteiger partial charge in [-0.25, -0.2) is 4.79 Å². The highest BCUT2D eigenvalue weighted by Crippen LogP contribution is 2.59. The summed E-state index contributed by atoms with van der Waals surface area (Å²) >= 11 is 0. The van der Waals surface area contributed by atoms with Crippen molar-refractivity contribution in [3.05, 3.63) is 81.7 Å². The first-order chi connectivity index (χ1) is 24.3. The zero-order valence-corrected chi connectivity index (χ0v) is 29.6. The quantitative estimate of drug-likeness (QED) is 0.0940. The Bertz CT molecular complexity index is 1660. The van der Waals surface area contributed by atoms with Gasteiger partial charge in [0.2, 0.25) is 5.78 Å². The summed E-state index contributed by atoms with van der Waals surface area (Å²) in [5.74, 6) is 0.472. The first-order valence-corrected chi connectivity index (χ1v) is 18.6. The van der Waals surface area contributed by atoms with Crippen LogP contribution in [0.25, 0.3) is 0 Å². The van der Waals surface area contributed by atoms with Crippen molar-refractivity contribution in [1.29, 1.82) is 0 Å². The number of rotatable bonds is 12. The molecule has 0 radical (unpaired) electrons. The highest BCUT2D eigenvalue weighted by molar-refractivity contribution is 6.32. The van der Waals surface area contributed by atoms with E-state index >= 15 is 0 Å². The van der Waals surface area contributed by atoms with Gasteiger partial charge in [-0.15, -0.1) is 0 Å². The molecule has 1 aromatic carbocycles. The van der Waals surface area contributed by atoms with Crippen LogP contribution in [0.5, 0.6) is 0 Å². The zero-order valence-electron chi connectivity index (χ0n) is 29.6. The topological polar surface area (TPSA) is 141 Å². The number of ketones is 2. The van der Waals surface area contributed by atoms with Gasteiger partial charge in [0.25, 0.3) is 5.60 Å². The van der Waals surface area contributed by atoms with E-state index in [4.69, 9.17) is 9.47 Å². The van der Waals surface area contributed by atoms with Crippen LogP contribution in [0.1, 0.15) is 92.4 Å². The van der Waals surface area contributed by atoms with Crippen LogP contribution >= 0.6 is 0 Å². The number of carbonyl (C=O) groups excluding carboxylic acids is 3. The smallest absolute Gasteiger partial charge is 0.350 e. The molecule has 0 amide bonds. The van der Waals surface area contributed by atoms with Gasteiger partial charge in [0.05, 0.1) is 19.4 Å². The summed E-state index contributed by atoms with van der Waals surface area (Å²) in [7, 11) is 1.95. The average Bonchev–Trinajstić information content (AvgIpc) is 3.85. The molecule has 50 heavy (non-hydrogen) atoms. The Hall–Kier alpha value is -3.57. The number of benzene rings is 1. The second kappa shape index (κ2) is 14.2. The van der Waals surface area contributed by atoms with Gasteiger partial charge >= 0.3 is 5.97 Å². The number of Topliss-reactive ketones (excluding diaryl/α,β-unsaturated/α-hetero) is 2. The summed E-state index contributed by atoms with van der Waals surface area (Å²) in [4.78, 5) is 42.7. The lowest BCUT2D eigenvalue weighted by molar-refractivity contribution is -0.150. The Morgan fingerprint density at radius 2 is 1.94 bits per heavy atom. The van der Waals surface area contributed by atoms with Gasteiger partial charge in [0, 0.05) is 36.1 Å². The van der Waals surface area contributed by atoms with Crippen molar-refractivity contribution < 1.29 is 29.0 Å². The van der Waals surface area contributed by atoms with Gasteiger partial charge in [-0.2, -0.15) is 0 Å². The van der Waals surface area contributed by atoms with Crippen molar-refractivity contribution >= 4 is 17.5 Å². The van der Waals surface area contributed by atoms with E-state index in [2.05, 4.69) is 46.4 Å². The standard InChI is InChI=1S/C40H52N4O6/c1-4-42-33-20-27-10-6-5-9-26(27)19-28(33)23-49-38(48)40-36(47)32-12-8-7-11-31(32)35(46)39(40,50-40)21-29(22-45)24(2)13-14-25-17-18-43-37-30(25)15-16-34(41-3)44-37/h6-8,10-12,17,26-28,33-34,41-45H,4-5,9,13-16,18-23H2,1-3H3/b29-24-/t26-,27+,28+,33-,34+,39-,40-/m0/s1. The summed E-state index contributed by atoms with van der Waals surface area (Å²) in [6.07, 6.45) is 14.5. The fourth-order valence-electron chi connectivity index (χ4n) is 9.27. The number of ether oxygens (including phenoxy) is 2. The predicted molar refractivity (Wildman–Crippen MR) is 190 cm³/mol. The molecular formula is C40H52N4O6. The summed E-state index contributed by atoms with van der Waals surface area (Å²) in [6.45, 7) is 5.43. The average molecular weight is 685 g/mol. The van der Waals surface area contributed by atoms with Gasteiger partial charge < -0.3 is 35.8 Å². The molecule has 0 bridgehead atoms. The number of aliphatic hydroxyl groups excluding tert-OH is 1. The Balaban J connectivity index is 1.11. The molecule has 0 unspecified atom stereocenters. The Kier molecular flexibility index (Phi) is 9.91. The first-order valence-electron chi connectivity index (χ1n) is 18.6. The lowest BCUT2D eigenvalue weighted by Crippen LogP contribution is -2.52. The van der Waals surface area contributed by atoms with Crippen molar-refractivity contribution in [2.24, 2.45) is 17.8 Å². The SMILES string of the molecule is CCN[C@H]1C[C@H]2C=CCC[C@H]2C[C@@H]1COC(=O)[C@]12O[C@@]1(C/C(CO)=C(\C)CCC1=CCNC3=C1CC[C@H](NC)N3)C(=O)c1ccccc1C2=O. The lowest BCUT2D eigenvalue weighted by atomic mass is 9.68. The molecule has 6 aliphatic rings. The second-order valence-corrected chi connectivity index (χ2v) is 14.9. The molecule has 10 heteroatoms. The third-order valence-electron chi connectivity index (χ3n) is 12.2. The van der Waals surface area contributed by atoms with Crippen LogP contribution < -0.4 is 21.3 Å². The first kappa shape index (κ1) is 34.9. The minimum atomic E-state index is -2.06. The molecule has 3 aliphatic carbocycles. The molecule has 7 rings (SSSR count). The fourth-order valence-corrected chi connectivity index (χ4v) is 9.27. The zero-order chi connectivity index (χ0) is 35.0. The third-order valence-corrected chi connectivity index (χ3v) is 12.2. The molecule has 0 spiro atoms. The van der Waals surface area contributed by atoms with Crippen LogP contribution in [0.2, 0.25) is 0 Å². The molecule has 1 aromatic rings. The predicted octanol–water partition coefficient (Wildman–Crippen LogP) is 4.24. The van der Waals surface area contributed by atoms with Crippen LogP contribution in [-0.4, -0.2) is 79.4 Å². The molecule has 1 saturated carbocycles. The van der Waals surface area contributed by atoms with E-state index in [9.17, 15) is 19.5 Å². The highest BCUT2D eigenvalue weighted by Gasteiger charge is 2.85. The van der Waals surface area contributed by atoms with Crippen LogP contribution in [0.4, 0.5) is 0 Å². The Labute approximate surface area is 295 Å². The maximum atomic E-state index is 14.3. The number of aliphatic hydroxyl groups is 1. The molecular weight excluding hydrogens is 632 g/mol. The molecule has 5 N–H and O–H groups in total. The van der Waals surface area contributed by atoms with E-state index in [1.54, 1.807) is 24.3 Å². The Morgan fingerprint density at radius 1 is 1.14 bits per heavy atom. The number of nitrogens with one attached hydrogen (secondary N) is 4. The van der Waals surface area contributed by atoms with Gasteiger partial charge in [0.1, 0.15) is 5.82 Å². The maximum absolute atomic E-state index is 14.3. The van der Waals surface area contributed by atoms with Gasteiger partial charge in [0.15, 0.2) is 11.4 Å². The number of fused-ring (bicyclic) bond motifs is 3. The molecule has 0 aromatic heterocycles. The number of allylic oxidation sites excluding steroid dienone is 5. The molecule has 3 heterocycles. The van der Waals surface area contributed by atoms with E-state index in [0.29, 0.717) is 23.8 Å². The molecule has 1 saturated heterocycles. The summed E-state index contributed by atoms with van der Waals surface area (Å²) < 4.78 is 12.3. The highest BCUT2D eigenvalue weighted by atomic mass is 16.7. The van der Waals surface area contributed by atoms with Gasteiger partial charge in [-0.3, -0.25) is 9.59 Å². The van der Waals surface area contributed by atoms with Crippen molar-refractivity contribution in [2.45, 2.75) is 95.0 Å². The maximum Gasteiger partial charge on any atom is 0.350 e. The van der Waals surface area contributed by atoms with Crippen molar-refractivity contribution in [3.8, 4) is 0 Å². The van der Waals surface area contributed by atoms with E-state index < -0.39 is 28.7 Å². The minimum absolute atomic E-state index is 0.0527. The number of hydrogen-bond donors (Lipinski definition) is 5.